The molecule has 2 atom stereocenters. The van der Waals surface area contributed by atoms with Gasteiger partial charge in [-0.3, -0.25) is 9.80 Å². The van der Waals surface area contributed by atoms with Crippen molar-refractivity contribution in [3.05, 3.63) is 0 Å². The molecule has 2 aliphatic rings. The van der Waals surface area contributed by atoms with Crippen LogP contribution in [0.4, 0.5) is 0 Å². The third kappa shape index (κ3) is 2.29. The van der Waals surface area contributed by atoms with Gasteiger partial charge in [-0.1, -0.05) is 0 Å². The first kappa shape index (κ1) is 10.4. The van der Waals surface area contributed by atoms with Crippen molar-refractivity contribution >= 4 is 0 Å². The summed E-state index contributed by atoms with van der Waals surface area (Å²) in [6.07, 6.45) is 2.74. The molecule has 14 heavy (non-hydrogen) atoms. The summed E-state index contributed by atoms with van der Waals surface area (Å²) < 4.78 is 0. The summed E-state index contributed by atoms with van der Waals surface area (Å²) >= 11 is 0. The molecule has 2 unspecified atom stereocenters. The number of nitrogens with zero attached hydrogens (tertiary/aromatic N) is 2. The molecule has 2 saturated heterocycles. The molecule has 0 amide bonds. The van der Waals surface area contributed by atoms with Gasteiger partial charge in [0.2, 0.25) is 0 Å². The number of unbranched alkanes of at least 4 members (excludes halogenated alkanes) is 1. The highest BCUT2D eigenvalue weighted by Crippen LogP contribution is 2.32. The van der Waals surface area contributed by atoms with E-state index < -0.39 is 0 Å². The van der Waals surface area contributed by atoms with Crippen molar-refractivity contribution in [2.24, 2.45) is 0 Å². The highest BCUT2D eigenvalue weighted by molar-refractivity contribution is 5.00. The summed E-state index contributed by atoms with van der Waals surface area (Å²) in [6.45, 7) is 14.6. The van der Waals surface area contributed by atoms with Crippen molar-refractivity contribution in [2.45, 2.75) is 51.6 Å². The second kappa shape index (κ2) is 3.21. The zero-order chi connectivity index (χ0) is 10.4. The lowest BCUT2D eigenvalue weighted by molar-refractivity contribution is 0.391. The van der Waals surface area contributed by atoms with E-state index in [1.165, 1.54) is 39.0 Å². The molecule has 2 heteroatoms. The zero-order valence-electron chi connectivity index (χ0n) is 10.1. The molecule has 2 heterocycles. The van der Waals surface area contributed by atoms with Gasteiger partial charge >= 0.3 is 0 Å². The van der Waals surface area contributed by atoms with Crippen molar-refractivity contribution in [3.63, 3.8) is 0 Å². The average molecular weight is 196 g/mol. The Morgan fingerprint density at radius 3 is 1.29 bits per heavy atom. The fourth-order valence-electron chi connectivity index (χ4n) is 2.23. The van der Waals surface area contributed by atoms with Crippen LogP contribution in [0.2, 0.25) is 0 Å². The molecule has 2 rings (SSSR count). The van der Waals surface area contributed by atoms with Gasteiger partial charge in [-0.05, 0) is 53.6 Å². The molecule has 0 radical (unpaired) electrons. The first-order valence-corrected chi connectivity index (χ1v) is 5.92. The Bertz CT molecular complexity index is 196. The third-order valence-corrected chi connectivity index (χ3v) is 3.77. The van der Waals surface area contributed by atoms with Crippen LogP contribution in [0.5, 0.6) is 0 Å². The molecule has 2 aliphatic heterocycles. The van der Waals surface area contributed by atoms with E-state index in [1.807, 2.05) is 0 Å². The van der Waals surface area contributed by atoms with Crippen LogP contribution in [-0.4, -0.2) is 47.1 Å². The predicted octanol–water partition coefficient (Wildman–Crippen LogP) is 1.96. The minimum atomic E-state index is 0.527. The second-order valence-corrected chi connectivity index (χ2v) is 6.18. The van der Waals surface area contributed by atoms with Crippen LogP contribution in [0.25, 0.3) is 0 Å². The maximum Gasteiger partial charge on any atom is 0.0281 e. The zero-order valence-corrected chi connectivity index (χ0v) is 10.1. The molecular formula is C12H24N2. The van der Waals surface area contributed by atoms with E-state index >= 15 is 0 Å². The Kier molecular flexibility index (Phi) is 2.39. The highest BCUT2D eigenvalue weighted by Gasteiger charge is 2.43. The van der Waals surface area contributed by atoms with Crippen LogP contribution >= 0.6 is 0 Å². The van der Waals surface area contributed by atoms with Gasteiger partial charge in [-0.25, -0.2) is 0 Å². The molecule has 82 valence electrons. The van der Waals surface area contributed by atoms with Gasteiger partial charge in [0.1, 0.15) is 0 Å². The molecule has 0 aromatic rings. The van der Waals surface area contributed by atoms with Crippen LogP contribution in [0, 0.1) is 0 Å². The molecule has 0 saturated carbocycles. The third-order valence-electron chi connectivity index (χ3n) is 3.77. The molecule has 0 bridgehead atoms. The minimum absolute atomic E-state index is 0.527. The Hall–Kier alpha value is -0.0800. The van der Waals surface area contributed by atoms with E-state index in [0.29, 0.717) is 11.1 Å². The van der Waals surface area contributed by atoms with Gasteiger partial charge in [0.25, 0.3) is 0 Å². The quantitative estimate of drug-likeness (QED) is 0.490. The van der Waals surface area contributed by atoms with Gasteiger partial charge in [-0.15, -0.1) is 0 Å². The Morgan fingerprint density at radius 1 is 0.786 bits per heavy atom. The van der Waals surface area contributed by atoms with Crippen LogP contribution in [0.3, 0.4) is 0 Å². The Morgan fingerprint density at radius 2 is 1.07 bits per heavy atom. The van der Waals surface area contributed by atoms with E-state index in [4.69, 9.17) is 0 Å². The standard InChI is InChI=1S/C12H24N2/c1-11(2)9-13(11)7-5-6-8-14-10-12(14,3)4/h5-10H2,1-4H3. The van der Waals surface area contributed by atoms with Crippen LogP contribution in [-0.2, 0) is 0 Å². The van der Waals surface area contributed by atoms with Gasteiger partial charge in [0, 0.05) is 24.2 Å². The van der Waals surface area contributed by atoms with Crippen LogP contribution < -0.4 is 0 Å². The van der Waals surface area contributed by atoms with E-state index in [0.717, 1.165) is 0 Å². The molecule has 0 N–H and O–H groups in total. The maximum atomic E-state index is 2.57. The van der Waals surface area contributed by atoms with Crippen molar-refractivity contribution in [1.82, 2.24) is 9.80 Å². The second-order valence-electron chi connectivity index (χ2n) is 6.18. The van der Waals surface area contributed by atoms with Gasteiger partial charge < -0.3 is 0 Å². The van der Waals surface area contributed by atoms with Crippen molar-refractivity contribution in [1.29, 1.82) is 0 Å². The summed E-state index contributed by atoms with van der Waals surface area (Å²) in [5, 5.41) is 0. The average Bonchev–Trinajstić information content (AvgIpc) is 2.84. The van der Waals surface area contributed by atoms with E-state index in [-0.39, 0.29) is 0 Å². The van der Waals surface area contributed by atoms with Crippen molar-refractivity contribution in [3.8, 4) is 0 Å². The summed E-state index contributed by atoms with van der Waals surface area (Å²) in [5.74, 6) is 0. The van der Waals surface area contributed by atoms with Gasteiger partial charge in [-0.2, -0.15) is 0 Å². The lowest BCUT2D eigenvalue weighted by Crippen LogP contribution is -2.14. The minimum Gasteiger partial charge on any atom is -0.295 e. The smallest absolute Gasteiger partial charge is 0.0281 e. The summed E-state index contributed by atoms with van der Waals surface area (Å²) in [7, 11) is 0. The SMILES string of the molecule is CC1(C)CN1CCCCN1CC1(C)C. The molecular weight excluding hydrogens is 172 g/mol. The topological polar surface area (TPSA) is 6.02 Å². The largest absolute Gasteiger partial charge is 0.295 e. The molecule has 0 aromatic heterocycles. The predicted molar refractivity (Wildman–Crippen MR) is 60.5 cm³/mol. The summed E-state index contributed by atoms with van der Waals surface area (Å²) in [5.41, 5.74) is 1.05. The lowest BCUT2D eigenvalue weighted by atomic mass is 10.2. The van der Waals surface area contributed by atoms with Crippen LogP contribution in [0.1, 0.15) is 40.5 Å². The first-order valence-electron chi connectivity index (χ1n) is 5.92. The molecule has 2 nitrogen and oxygen atoms in total. The van der Waals surface area contributed by atoms with Gasteiger partial charge in [0.15, 0.2) is 0 Å². The van der Waals surface area contributed by atoms with E-state index in [9.17, 15) is 0 Å². The van der Waals surface area contributed by atoms with Crippen molar-refractivity contribution < 1.29 is 0 Å². The monoisotopic (exact) mass is 196 g/mol. The Balaban J connectivity index is 1.49. The normalized spacial score (nSPS) is 36.9. The summed E-state index contributed by atoms with van der Waals surface area (Å²) in [6, 6.07) is 0. The van der Waals surface area contributed by atoms with E-state index in [1.54, 1.807) is 0 Å². The molecule has 0 spiro atoms. The van der Waals surface area contributed by atoms with Crippen molar-refractivity contribution in [2.75, 3.05) is 26.2 Å². The maximum absolute atomic E-state index is 2.57. The highest BCUT2D eigenvalue weighted by atomic mass is 15.4. The summed E-state index contributed by atoms with van der Waals surface area (Å²) in [4.78, 5) is 5.14. The fraction of sp³-hybridized carbons (Fsp3) is 1.00. The fourth-order valence-corrected chi connectivity index (χ4v) is 2.23. The number of hydrogen-bond donors (Lipinski definition) is 0. The van der Waals surface area contributed by atoms with Crippen LogP contribution in [0.15, 0.2) is 0 Å². The van der Waals surface area contributed by atoms with E-state index in [2.05, 4.69) is 37.5 Å². The molecule has 2 fully saturated rings. The molecule has 0 aliphatic carbocycles. The first-order chi connectivity index (χ1) is 6.42. The number of hydrogen-bond acceptors (Lipinski definition) is 2. The Labute approximate surface area is 88.3 Å². The lowest BCUT2D eigenvalue weighted by Gasteiger charge is -2.08. The number of rotatable bonds is 5. The van der Waals surface area contributed by atoms with Gasteiger partial charge in [0.05, 0.1) is 0 Å². The molecule has 0 aromatic carbocycles.